The van der Waals surface area contributed by atoms with Crippen molar-refractivity contribution in [3.63, 3.8) is 0 Å². The summed E-state index contributed by atoms with van der Waals surface area (Å²) in [4.78, 5) is 9.02. The van der Waals surface area contributed by atoms with Crippen LogP contribution in [0, 0.1) is 0 Å². The van der Waals surface area contributed by atoms with Crippen molar-refractivity contribution < 1.29 is 4.42 Å². The monoisotopic (exact) mass is 387 g/mol. The number of aromatic nitrogens is 2. The Kier molecular flexibility index (Phi) is 4.01. The number of anilines is 1. The summed E-state index contributed by atoms with van der Waals surface area (Å²) in [5.74, 6) is 1.98. The molecule has 2 rings (SSSR count). The summed E-state index contributed by atoms with van der Waals surface area (Å²) in [5, 5.41) is 3.05. The molecule has 2 aromatic rings. The van der Waals surface area contributed by atoms with Crippen LogP contribution in [-0.4, -0.2) is 17.0 Å². The highest BCUT2D eigenvalue weighted by molar-refractivity contribution is 9.13. The Labute approximate surface area is 129 Å². The molecule has 0 amide bonds. The fourth-order valence-corrected chi connectivity index (χ4v) is 2.10. The van der Waals surface area contributed by atoms with Gasteiger partial charge in [0.1, 0.15) is 5.82 Å². The van der Waals surface area contributed by atoms with E-state index in [1.165, 1.54) is 0 Å². The highest BCUT2D eigenvalue weighted by atomic mass is 79.9. The third kappa shape index (κ3) is 3.17. The largest absolute Gasteiger partial charge is 0.445 e. The zero-order chi connectivity index (χ0) is 14.2. The van der Waals surface area contributed by atoms with Crippen LogP contribution in [0.1, 0.15) is 26.5 Å². The lowest BCUT2D eigenvalue weighted by Gasteiger charge is -2.18. The third-order valence-corrected chi connectivity index (χ3v) is 4.33. The lowest BCUT2D eigenvalue weighted by molar-refractivity contribution is 0.542. The first-order chi connectivity index (χ1) is 8.81. The predicted octanol–water partition coefficient (Wildman–Crippen LogP) is 4.60. The van der Waals surface area contributed by atoms with E-state index in [1.807, 2.05) is 19.2 Å². The quantitative estimate of drug-likeness (QED) is 0.816. The maximum atomic E-state index is 5.58. The number of halogens is 2. The van der Waals surface area contributed by atoms with Crippen molar-refractivity contribution in [1.82, 2.24) is 9.97 Å². The maximum absolute atomic E-state index is 5.58. The van der Waals surface area contributed by atoms with Gasteiger partial charge in [-0.15, -0.1) is 0 Å². The van der Waals surface area contributed by atoms with Gasteiger partial charge in [-0.1, -0.05) is 20.8 Å². The van der Waals surface area contributed by atoms with Crippen molar-refractivity contribution in [1.29, 1.82) is 0 Å². The van der Waals surface area contributed by atoms with Gasteiger partial charge in [-0.3, -0.25) is 0 Å². The second-order valence-corrected chi connectivity index (χ2v) is 6.77. The van der Waals surface area contributed by atoms with Gasteiger partial charge < -0.3 is 9.73 Å². The highest BCUT2D eigenvalue weighted by Gasteiger charge is 2.20. The van der Waals surface area contributed by atoms with Gasteiger partial charge in [0, 0.05) is 24.6 Å². The molecule has 0 saturated carbocycles. The molecule has 0 radical (unpaired) electrons. The van der Waals surface area contributed by atoms with Gasteiger partial charge in [-0.05, 0) is 31.9 Å². The molecule has 0 spiro atoms. The molecule has 2 heterocycles. The lowest BCUT2D eigenvalue weighted by atomic mass is 9.92. The number of nitrogens with zero attached hydrogens (tertiary/aromatic N) is 2. The van der Waals surface area contributed by atoms with Gasteiger partial charge in [0.25, 0.3) is 0 Å². The van der Waals surface area contributed by atoms with Gasteiger partial charge >= 0.3 is 0 Å². The standard InChI is InChI=1S/C13H15Br2N3O/c1-13(2,3)9-6-10(16-4)18-12(17-9)8-5-7(14)11(15)19-8/h5-6H,1-4H3,(H,16,17,18). The maximum Gasteiger partial charge on any atom is 0.197 e. The van der Waals surface area contributed by atoms with Crippen LogP contribution in [0.25, 0.3) is 11.6 Å². The summed E-state index contributed by atoms with van der Waals surface area (Å²) in [6.07, 6.45) is 0. The van der Waals surface area contributed by atoms with Crippen LogP contribution in [0.15, 0.2) is 25.7 Å². The Morgan fingerprint density at radius 3 is 2.32 bits per heavy atom. The molecule has 0 bridgehead atoms. The topological polar surface area (TPSA) is 51.0 Å². The molecule has 0 saturated heterocycles. The van der Waals surface area contributed by atoms with E-state index in [1.54, 1.807) is 0 Å². The van der Waals surface area contributed by atoms with E-state index < -0.39 is 0 Å². The van der Waals surface area contributed by atoms with Crippen LogP contribution >= 0.6 is 31.9 Å². The Morgan fingerprint density at radius 2 is 1.84 bits per heavy atom. The first-order valence-electron chi connectivity index (χ1n) is 5.84. The van der Waals surface area contributed by atoms with Crippen molar-refractivity contribution in [3.05, 3.63) is 27.0 Å². The van der Waals surface area contributed by atoms with Crippen LogP contribution in [0.5, 0.6) is 0 Å². The fourth-order valence-electron chi connectivity index (χ4n) is 1.53. The molecule has 102 valence electrons. The average Bonchev–Trinajstić information content (AvgIpc) is 2.68. The summed E-state index contributed by atoms with van der Waals surface area (Å²) >= 11 is 6.72. The van der Waals surface area contributed by atoms with E-state index in [0.29, 0.717) is 16.3 Å². The molecular weight excluding hydrogens is 374 g/mol. The number of rotatable bonds is 2. The Bertz CT molecular complexity index is 583. The van der Waals surface area contributed by atoms with E-state index in [-0.39, 0.29) is 5.41 Å². The summed E-state index contributed by atoms with van der Waals surface area (Å²) in [5.41, 5.74) is 0.912. The Balaban J connectivity index is 2.57. The van der Waals surface area contributed by atoms with Crippen LogP contribution in [0.2, 0.25) is 0 Å². The average molecular weight is 389 g/mol. The smallest absolute Gasteiger partial charge is 0.197 e. The van der Waals surface area contributed by atoms with Crippen molar-refractivity contribution in [2.45, 2.75) is 26.2 Å². The number of furan rings is 1. The van der Waals surface area contributed by atoms with Crippen molar-refractivity contribution >= 4 is 37.7 Å². The van der Waals surface area contributed by atoms with Crippen molar-refractivity contribution in [3.8, 4) is 11.6 Å². The fraction of sp³-hybridized carbons (Fsp3) is 0.385. The van der Waals surface area contributed by atoms with E-state index in [4.69, 9.17) is 4.42 Å². The molecule has 0 aromatic carbocycles. The molecule has 0 aliphatic carbocycles. The first kappa shape index (κ1) is 14.5. The minimum absolute atomic E-state index is 0.0512. The molecule has 1 N–H and O–H groups in total. The molecular formula is C13H15Br2N3O. The van der Waals surface area contributed by atoms with Crippen molar-refractivity contribution in [2.75, 3.05) is 12.4 Å². The van der Waals surface area contributed by atoms with Gasteiger partial charge in [0.05, 0.1) is 10.2 Å². The summed E-state index contributed by atoms with van der Waals surface area (Å²) in [6, 6.07) is 3.81. The van der Waals surface area contributed by atoms with Crippen LogP contribution in [0.3, 0.4) is 0 Å². The molecule has 0 unspecified atom stereocenters. The van der Waals surface area contributed by atoms with Crippen molar-refractivity contribution in [2.24, 2.45) is 0 Å². The molecule has 0 aliphatic rings. The van der Waals surface area contributed by atoms with Crippen LogP contribution in [-0.2, 0) is 5.41 Å². The minimum atomic E-state index is -0.0512. The zero-order valence-electron chi connectivity index (χ0n) is 11.2. The Morgan fingerprint density at radius 1 is 1.16 bits per heavy atom. The zero-order valence-corrected chi connectivity index (χ0v) is 14.4. The van der Waals surface area contributed by atoms with E-state index >= 15 is 0 Å². The molecule has 4 nitrogen and oxygen atoms in total. The van der Waals surface area contributed by atoms with Gasteiger partial charge in [-0.2, -0.15) is 0 Å². The molecule has 0 fully saturated rings. The second-order valence-electron chi connectivity index (χ2n) is 5.19. The number of hydrogen-bond acceptors (Lipinski definition) is 4. The molecule has 2 aromatic heterocycles. The van der Waals surface area contributed by atoms with E-state index in [2.05, 4.69) is 67.9 Å². The van der Waals surface area contributed by atoms with Gasteiger partial charge in [0.2, 0.25) is 0 Å². The van der Waals surface area contributed by atoms with Gasteiger partial charge in [0.15, 0.2) is 16.3 Å². The SMILES string of the molecule is CNc1cc(C(C)(C)C)nc(-c2cc(Br)c(Br)o2)n1. The molecule has 19 heavy (non-hydrogen) atoms. The van der Waals surface area contributed by atoms with Gasteiger partial charge in [-0.25, -0.2) is 9.97 Å². The number of nitrogens with one attached hydrogen (secondary N) is 1. The first-order valence-corrected chi connectivity index (χ1v) is 7.42. The second kappa shape index (κ2) is 5.25. The number of hydrogen-bond donors (Lipinski definition) is 1. The summed E-state index contributed by atoms with van der Waals surface area (Å²) < 4.78 is 7.07. The van der Waals surface area contributed by atoms with E-state index in [9.17, 15) is 0 Å². The van der Waals surface area contributed by atoms with Crippen LogP contribution < -0.4 is 5.32 Å². The third-order valence-electron chi connectivity index (χ3n) is 2.62. The summed E-state index contributed by atoms with van der Waals surface area (Å²) in [7, 11) is 1.84. The molecule has 0 atom stereocenters. The lowest BCUT2D eigenvalue weighted by Crippen LogP contribution is -2.15. The summed E-state index contributed by atoms with van der Waals surface area (Å²) in [6.45, 7) is 6.35. The van der Waals surface area contributed by atoms with Crippen LogP contribution in [0.4, 0.5) is 5.82 Å². The Hall–Kier alpha value is -0.880. The minimum Gasteiger partial charge on any atom is -0.445 e. The normalized spacial score (nSPS) is 11.7. The highest BCUT2D eigenvalue weighted by Crippen LogP contribution is 2.32. The van der Waals surface area contributed by atoms with E-state index in [0.717, 1.165) is 16.0 Å². The molecule has 6 heteroatoms. The predicted molar refractivity (Wildman–Crippen MR) is 83.4 cm³/mol. The molecule has 0 aliphatic heterocycles.